The van der Waals surface area contributed by atoms with Crippen LogP contribution in [0.15, 0.2) is 48.5 Å². The molecule has 2 amide bonds. The second-order valence-electron chi connectivity index (χ2n) is 7.50. The predicted molar refractivity (Wildman–Crippen MR) is 116 cm³/mol. The maximum atomic E-state index is 12.6. The summed E-state index contributed by atoms with van der Waals surface area (Å²) >= 11 is 0. The molecule has 2 aromatic rings. The fourth-order valence-corrected chi connectivity index (χ4v) is 3.40. The van der Waals surface area contributed by atoms with Crippen LogP contribution in [0.5, 0.6) is 0 Å². The van der Waals surface area contributed by atoms with Crippen molar-refractivity contribution in [3.05, 3.63) is 59.7 Å². The molecule has 3 rings (SSSR count). The van der Waals surface area contributed by atoms with Crippen molar-refractivity contribution in [3.8, 4) is 0 Å². The third-order valence-corrected chi connectivity index (χ3v) is 5.25. The summed E-state index contributed by atoms with van der Waals surface area (Å²) in [5.74, 6) is 0.329. The standard InChI is InChI=1S/C23H29N3O3/c1-17-10-13-26(14-11-17)21-8-6-20(7-9-21)25-23(28)19-5-3-4-18(16-19)22(27)24-12-15-29-2/h3-9,16-17H,10-15H2,1-2H3,(H,24,27)(H,25,28). The van der Waals surface area contributed by atoms with Crippen molar-refractivity contribution < 1.29 is 14.3 Å². The summed E-state index contributed by atoms with van der Waals surface area (Å²) in [6, 6.07) is 14.6. The largest absolute Gasteiger partial charge is 0.383 e. The third-order valence-electron chi connectivity index (χ3n) is 5.25. The normalized spacial score (nSPS) is 14.5. The topological polar surface area (TPSA) is 70.7 Å². The van der Waals surface area contributed by atoms with Crippen LogP contribution < -0.4 is 15.5 Å². The smallest absolute Gasteiger partial charge is 0.255 e. The average Bonchev–Trinajstić information content (AvgIpc) is 2.75. The van der Waals surface area contributed by atoms with Gasteiger partial charge in [0, 0.05) is 49.2 Å². The van der Waals surface area contributed by atoms with Gasteiger partial charge in [-0.3, -0.25) is 9.59 Å². The molecule has 6 nitrogen and oxygen atoms in total. The van der Waals surface area contributed by atoms with Crippen LogP contribution in [0.25, 0.3) is 0 Å². The third kappa shape index (κ3) is 5.81. The van der Waals surface area contributed by atoms with Crippen LogP contribution in [0.3, 0.4) is 0 Å². The summed E-state index contributed by atoms with van der Waals surface area (Å²) in [5, 5.41) is 5.66. The Morgan fingerprint density at radius 1 is 1.03 bits per heavy atom. The van der Waals surface area contributed by atoms with Crippen LogP contribution in [-0.2, 0) is 4.74 Å². The number of anilines is 2. The van der Waals surface area contributed by atoms with E-state index in [1.165, 1.54) is 18.5 Å². The molecule has 0 unspecified atom stereocenters. The minimum Gasteiger partial charge on any atom is -0.383 e. The van der Waals surface area contributed by atoms with E-state index in [0.717, 1.165) is 24.7 Å². The number of carbonyl (C=O) groups excluding carboxylic acids is 2. The summed E-state index contributed by atoms with van der Waals surface area (Å²) in [7, 11) is 1.58. The van der Waals surface area contributed by atoms with Gasteiger partial charge in [-0.1, -0.05) is 13.0 Å². The average molecular weight is 396 g/mol. The lowest BCUT2D eigenvalue weighted by molar-refractivity contribution is 0.0937. The van der Waals surface area contributed by atoms with Crippen LogP contribution in [-0.4, -0.2) is 45.2 Å². The summed E-state index contributed by atoms with van der Waals surface area (Å²) < 4.78 is 4.93. The molecule has 1 aliphatic rings. The number of piperidine rings is 1. The Balaban J connectivity index is 1.60. The van der Waals surface area contributed by atoms with E-state index in [1.807, 2.05) is 24.3 Å². The number of nitrogens with one attached hydrogen (secondary N) is 2. The van der Waals surface area contributed by atoms with Gasteiger partial charge in [0.15, 0.2) is 0 Å². The first-order chi connectivity index (χ1) is 14.1. The van der Waals surface area contributed by atoms with Crippen molar-refractivity contribution in [1.29, 1.82) is 0 Å². The first kappa shape index (κ1) is 20.9. The van der Waals surface area contributed by atoms with E-state index in [4.69, 9.17) is 4.74 Å². The minimum atomic E-state index is -0.240. The highest BCUT2D eigenvalue weighted by atomic mass is 16.5. The number of nitrogens with zero attached hydrogens (tertiary/aromatic N) is 1. The highest BCUT2D eigenvalue weighted by Crippen LogP contribution is 2.24. The number of benzene rings is 2. The number of rotatable bonds is 7. The number of hydrogen-bond donors (Lipinski definition) is 2. The molecule has 2 N–H and O–H groups in total. The van der Waals surface area contributed by atoms with Gasteiger partial charge in [0.2, 0.25) is 0 Å². The molecule has 1 fully saturated rings. The van der Waals surface area contributed by atoms with Crippen molar-refractivity contribution in [2.45, 2.75) is 19.8 Å². The zero-order valence-electron chi connectivity index (χ0n) is 17.1. The molecule has 0 aliphatic carbocycles. The second kappa shape index (κ2) is 10.1. The van der Waals surface area contributed by atoms with Gasteiger partial charge in [0.05, 0.1) is 6.61 Å². The molecular formula is C23H29N3O3. The van der Waals surface area contributed by atoms with E-state index in [0.29, 0.717) is 24.3 Å². The molecule has 0 bridgehead atoms. The fourth-order valence-electron chi connectivity index (χ4n) is 3.40. The van der Waals surface area contributed by atoms with Crippen LogP contribution in [0.2, 0.25) is 0 Å². The maximum Gasteiger partial charge on any atom is 0.255 e. The van der Waals surface area contributed by atoms with Gasteiger partial charge in [-0.25, -0.2) is 0 Å². The Morgan fingerprint density at radius 3 is 2.34 bits per heavy atom. The van der Waals surface area contributed by atoms with Crippen molar-refractivity contribution >= 4 is 23.2 Å². The van der Waals surface area contributed by atoms with Crippen LogP contribution in [0.4, 0.5) is 11.4 Å². The molecule has 2 aromatic carbocycles. The zero-order chi connectivity index (χ0) is 20.6. The summed E-state index contributed by atoms with van der Waals surface area (Å²) in [4.78, 5) is 27.1. The van der Waals surface area contributed by atoms with Crippen LogP contribution in [0.1, 0.15) is 40.5 Å². The van der Waals surface area contributed by atoms with Gasteiger partial charge < -0.3 is 20.3 Å². The molecule has 0 aromatic heterocycles. The zero-order valence-corrected chi connectivity index (χ0v) is 17.1. The van der Waals surface area contributed by atoms with Gasteiger partial charge in [0.25, 0.3) is 11.8 Å². The molecule has 0 saturated carbocycles. The molecule has 0 atom stereocenters. The van der Waals surface area contributed by atoms with Crippen molar-refractivity contribution in [3.63, 3.8) is 0 Å². The van der Waals surface area contributed by atoms with E-state index in [1.54, 1.807) is 31.4 Å². The number of carbonyl (C=O) groups is 2. The Morgan fingerprint density at radius 2 is 1.69 bits per heavy atom. The van der Waals surface area contributed by atoms with E-state index in [-0.39, 0.29) is 11.8 Å². The van der Waals surface area contributed by atoms with Gasteiger partial charge >= 0.3 is 0 Å². The Kier molecular flexibility index (Phi) is 7.25. The van der Waals surface area contributed by atoms with E-state index >= 15 is 0 Å². The van der Waals surface area contributed by atoms with Gasteiger partial charge in [-0.2, -0.15) is 0 Å². The number of amides is 2. The highest BCUT2D eigenvalue weighted by Gasteiger charge is 2.16. The van der Waals surface area contributed by atoms with Crippen LogP contribution in [0, 0.1) is 5.92 Å². The first-order valence-corrected chi connectivity index (χ1v) is 10.1. The van der Waals surface area contributed by atoms with E-state index in [2.05, 4.69) is 22.5 Å². The molecule has 29 heavy (non-hydrogen) atoms. The molecule has 0 radical (unpaired) electrons. The van der Waals surface area contributed by atoms with Crippen molar-refractivity contribution in [2.75, 3.05) is 43.6 Å². The van der Waals surface area contributed by atoms with Gasteiger partial charge in [0.1, 0.15) is 0 Å². The lowest BCUT2D eigenvalue weighted by Gasteiger charge is -2.32. The first-order valence-electron chi connectivity index (χ1n) is 10.1. The minimum absolute atomic E-state index is 0.225. The number of ether oxygens (including phenoxy) is 1. The molecular weight excluding hydrogens is 366 g/mol. The SMILES string of the molecule is COCCNC(=O)c1cccc(C(=O)Nc2ccc(N3CCC(C)CC3)cc2)c1. The monoisotopic (exact) mass is 395 g/mol. The molecule has 1 aliphatic heterocycles. The Labute approximate surface area is 172 Å². The number of methoxy groups -OCH3 is 1. The fraction of sp³-hybridized carbons (Fsp3) is 0.391. The molecule has 154 valence electrons. The van der Waals surface area contributed by atoms with Crippen LogP contribution >= 0.6 is 0 Å². The molecule has 1 saturated heterocycles. The summed E-state index contributed by atoms with van der Waals surface area (Å²) in [6.07, 6.45) is 2.43. The van der Waals surface area contributed by atoms with Crippen molar-refractivity contribution in [1.82, 2.24) is 5.32 Å². The lowest BCUT2D eigenvalue weighted by atomic mass is 9.99. The predicted octanol–water partition coefficient (Wildman–Crippen LogP) is 3.55. The Hall–Kier alpha value is -2.86. The van der Waals surface area contributed by atoms with Gasteiger partial charge in [-0.05, 0) is 61.2 Å². The van der Waals surface area contributed by atoms with Gasteiger partial charge in [-0.15, -0.1) is 0 Å². The highest BCUT2D eigenvalue weighted by molar-refractivity contribution is 6.06. The van der Waals surface area contributed by atoms with E-state index < -0.39 is 0 Å². The summed E-state index contributed by atoms with van der Waals surface area (Å²) in [6.45, 7) is 5.32. The maximum absolute atomic E-state index is 12.6. The summed E-state index contributed by atoms with van der Waals surface area (Å²) in [5.41, 5.74) is 2.81. The van der Waals surface area contributed by atoms with Crippen molar-refractivity contribution in [2.24, 2.45) is 5.92 Å². The molecule has 0 spiro atoms. The number of hydrogen-bond acceptors (Lipinski definition) is 4. The van der Waals surface area contributed by atoms with E-state index in [9.17, 15) is 9.59 Å². The quantitative estimate of drug-likeness (QED) is 0.704. The lowest BCUT2D eigenvalue weighted by Crippen LogP contribution is -2.32. The molecule has 6 heteroatoms. The second-order valence-corrected chi connectivity index (χ2v) is 7.50. The molecule has 1 heterocycles. The Bertz CT molecular complexity index is 828.